The quantitative estimate of drug-likeness (QED) is 0.179. The first kappa shape index (κ1) is 24.6. The van der Waals surface area contributed by atoms with E-state index in [1.165, 1.54) is 0 Å². The molecule has 0 spiro atoms. The van der Waals surface area contributed by atoms with Crippen LogP contribution in [0.2, 0.25) is 0 Å². The maximum Gasteiger partial charge on any atom is 0.416 e. The van der Waals surface area contributed by atoms with Crippen LogP contribution in [0.15, 0.2) is 76.7 Å². The summed E-state index contributed by atoms with van der Waals surface area (Å²) in [6, 6.07) is 16.9. The van der Waals surface area contributed by atoms with Crippen LogP contribution in [0.5, 0.6) is 0 Å². The standard InChI is InChI=1S/C24H22F3N5O2S/c25-24(26,27)19-9-12-21(13-10-19)35(33,34)29-14-3-15-32-22-5-2-1-4-17(22)6-7-18-8-11-20(30-31-28)16-23(18)32/h1-2,4-5,8-13,16,29H,3,6-7,14-15H2. The van der Waals surface area contributed by atoms with Crippen molar-refractivity contribution in [3.63, 3.8) is 0 Å². The maximum atomic E-state index is 12.8. The topological polar surface area (TPSA) is 98.2 Å². The van der Waals surface area contributed by atoms with E-state index in [4.69, 9.17) is 5.53 Å². The molecule has 1 aliphatic rings. The van der Waals surface area contributed by atoms with Gasteiger partial charge in [-0.2, -0.15) is 13.2 Å². The summed E-state index contributed by atoms with van der Waals surface area (Å²) in [4.78, 5) is 4.72. The molecular formula is C24H22F3N5O2S. The first-order valence-electron chi connectivity index (χ1n) is 10.9. The van der Waals surface area contributed by atoms with Gasteiger partial charge in [-0.25, -0.2) is 13.1 Å². The lowest BCUT2D eigenvalue weighted by Crippen LogP contribution is -2.28. The van der Waals surface area contributed by atoms with Crippen molar-refractivity contribution in [2.24, 2.45) is 5.11 Å². The molecule has 0 radical (unpaired) electrons. The average molecular weight is 502 g/mol. The fraction of sp³-hybridized carbons (Fsp3) is 0.250. The van der Waals surface area contributed by atoms with Crippen LogP contribution < -0.4 is 9.62 Å². The number of anilines is 2. The third-order valence-electron chi connectivity index (χ3n) is 5.81. The maximum absolute atomic E-state index is 12.8. The largest absolute Gasteiger partial charge is 0.416 e. The van der Waals surface area contributed by atoms with Gasteiger partial charge < -0.3 is 4.90 Å². The fourth-order valence-electron chi connectivity index (χ4n) is 4.10. The lowest BCUT2D eigenvalue weighted by atomic mass is 10.0. The Morgan fingerprint density at radius 3 is 2.34 bits per heavy atom. The van der Waals surface area contributed by atoms with Crippen LogP contribution in [-0.4, -0.2) is 21.5 Å². The van der Waals surface area contributed by atoms with Crippen LogP contribution in [0, 0.1) is 0 Å². The number of hydrogen-bond donors (Lipinski definition) is 1. The van der Waals surface area contributed by atoms with Gasteiger partial charge in [-0.1, -0.05) is 35.4 Å². The molecule has 0 amide bonds. The van der Waals surface area contributed by atoms with Crippen molar-refractivity contribution in [1.29, 1.82) is 0 Å². The highest BCUT2D eigenvalue weighted by molar-refractivity contribution is 7.89. The molecule has 0 bridgehead atoms. The Labute approximate surface area is 200 Å². The van der Waals surface area contributed by atoms with E-state index in [0.717, 1.165) is 59.6 Å². The normalized spacial score (nSPS) is 13.4. The molecule has 4 rings (SSSR count). The van der Waals surface area contributed by atoms with E-state index in [-0.39, 0.29) is 11.4 Å². The van der Waals surface area contributed by atoms with Crippen molar-refractivity contribution < 1.29 is 21.6 Å². The Hall–Kier alpha value is -3.53. The number of nitrogens with zero attached hydrogens (tertiary/aromatic N) is 4. The number of azide groups is 1. The van der Waals surface area contributed by atoms with Gasteiger partial charge in [0.15, 0.2) is 0 Å². The summed E-state index contributed by atoms with van der Waals surface area (Å²) in [7, 11) is -3.96. The minimum Gasteiger partial charge on any atom is -0.341 e. The van der Waals surface area contributed by atoms with Crippen molar-refractivity contribution in [2.75, 3.05) is 18.0 Å². The van der Waals surface area contributed by atoms with Crippen LogP contribution in [0.1, 0.15) is 23.1 Å². The molecule has 182 valence electrons. The zero-order chi connectivity index (χ0) is 25.1. The van der Waals surface area contributed by atoms with Crippen molar-refractivity contribution in [2.45, 2.75) is 30.3 Å². The van der Waals surface area contributed by atoms with Gasteiger partial charge in [-0.3, -0.25) is 0 Å². The molecule has 35 heavy (non-hydrogen) atoms. The van der Waals surface area contributed by atoms with Crippen molar-refractivity contribution >= 4 is 27.1 Å². The number of alkyl halides is 3. The second kappa shape index (κ2) is 9.99. The first-order valence-corrected chi connectivity index (χ1v) is 12.4. The number of hydrogen-bond acceptors (Lipinski definition) is 4. The van der Waals surface area contributed by atoms with Crippen LogP contribution >= 0.6 is 0 Å². The van der Waals surface area contributed by atoms with Crippen LogP contribution in [0.4, 0.5) is 30.2 Å². The third kappa shape index (κ3) is 5.59. The smallest absolute Gasteiger partial charge is 0.341 e. The summed E-state index contributed by atoms with van der Waals surface area (Å²) in [5.74, 6) is 0. The molecule has 0 saturated carbocycles. The molecule has 0 unspecified atom stereocenters. The van der Waals surface area contributed by atoms with Gasteiger partial charge in [-0.15, -0.1) is 0 Å². The Kier molecular flexibility index (Phi) is 7.02. The Bertz CT molecular complexity index is 1370. The van der Waals surface area contributed by atoms with Crippen LogP contribution in [0.3, 0.4) is 0 Å². The lowest BCUT2D eigenvalue weighted by Gasteiger charge is -2.27. The molecule has 0 aromatic heterocycles. The van der Waals surface area contributed by atoms with Crippen molar-refractivity contribution in [3.8, 4) is 0 Å². The molecule has 1 aliphatic heterocycles. The minimum absolute atomic E-state index is 0.0907. The zero-order valence-electron chi connectivity index (χ0n) is 18.5. The monoisotopic (exact) mass is 501 g/mol. The van der Waals surface area contributed by atoms with Crippen LogP contribution in [0.25, 0.3) is 10.4 Å². The molecule has 11 heteroatoms. The molecule has 3 aromatic carbocycles. The summed E-state index contributed by atoms with van der Waals surface area (Å²) < 4.78 is 65.9. The van der Waals surface area contributed by atoms with Crippen LogP contribution in [-0.2, 0) is 29.0 Å². The second-order valence-corrected chi connectivity index (χ2v) is 9.82. The molecule has 0 atom stereocenters. The third-order valence-corrected chi connectivity index (χ3v) is 7.29. The predicted molar refractivity (Wildman–Crippen MR) is 127 cm³/mol. The Morgan fingerprint density at radius 1 is 0.971 bits per heavy atom. The number of nitrogens with one attached hydrogen (secondary N) is 1. The summed E-state index contributed by atoms with van der Waals surface area (Å²) in [6.07, 6.45) is -2.46. The number of benzene rings is 3. The van der Waals surface area contributed by atoms with E-state index >= 15 is 0 Å². The molecule has 0 aliphatic carbocycles. The molecule has 0 fully saturated rings. The molecule has 0 saturated heterocycles. The predicted octanol–water partition coefficient (Wildman–Crippen LogP) is 6.25. The highest BCUT2D eigenvalue weighted by Crippen LogP contribution is 2.38. The number of sulfonamides is 1. The highest BCUT2D eigenvalue weighted by atomic mass is 32.2. The van der Waals surface area contributed by atoms with E-state index in [1.54, 1.807) is 6.07 Å². The summed E-state index contributed by atoms with van der Waals surface area (Å²) in [6.45, 7) is 0.562. The van der Waals surface area contributed by atoms with E-state index in [9.17, 15) is 21.6 Å². The molecule has 7 nitrogen and oxygen atoms in total. The number of para-hydroxylation sites is 1. The van der Waals surface area contributed by atoms with E-state index in [0.29, 0.717) is 18.7 Å². The van der Waals surface area contributed by atoms with Gasteiger partial charge in [0.1, 0.15) is 0 Å². The van der Waals surface area contributed by atoms with Gasteiger partial charge in [0.2, 0.25) is 10.0 Å². The number of fused-ring (bicyclic) bond motifs is 2. The minimum atomic E-state index is -4.53. The second-order valence-electron chi connectivity index (χ2n) is 8.06. The molecular weight excluding hydrogens is 479 g/mol. The van der Waals surface area contributed by atoms with Crippen molar-refractivity contribution in [3.05, 3.63) is 93.9 Å². The Balaban J connectivity index is 1.50. The van der Waals surface area contributed by atoms with E-state index < -0.39 is 21.8 Å². The number of halogens is 3. The molecule has 3 aromatic rings. The summed E-state index contributed by atoms with van der Waals surface area (Å²) in [5, 5.41) is 3.71. The van der Waals surface area contributed by atoms with E-state index in [2.05, 4.69) is 25.7 Å². The van der Waals surface area contributed by atoms with E-state index in [1.807, 2.05) is 30.3 Å². The fourth-order valence-corrected chi connectivity index (χ4v) is 5.18. The van der Waals surface area contributed by atoms with Gasteiger partial charge in [0.05, 0.1) is 10.5 Å². The Morgan fingerprint density at radius 2 is 1.66 bits per heavy atom. The van der Waals surface area contributed by atoms with Crippen molar-refractivity contribution in [1.82, 2.24) is 4.72 Å². The van der Waals surface area contributed by atoms with Gasteiger partial charge in [-0.05, 0) is 72.3 Å². The SMILES string of the molecule is [N-]=[N+]=Nc1ccc2c(c1)N(CCCNS(=O)(=O)c1ccc(C(F)(F)F)cc1)c1ccccc1CC2. The van der Waals surface area contributed by atoms with Gasteiger partial charge in [0, 0.05) is 35.1 Å². The van der Waals surface area contributed by atoms with Gasteiger partial charge >= 0.3 is 6.18 Å². The summed E-state index contributed by atoms with van der Waals surface area (Å²) >= 11 is 0. The highest BCUT2D eigenvalue weighted by Gasteiger charge is 2.30. The lowest BCUT2D eigenvalue weighted by molar-refractivity contribution is -0.137. The summed E-state index contributed by atoms with van der Waals surface area (Å²) in [5.41, 5.74) is 12.5. The zero-order valence-corrected chi connectivity index (χ0v) is 19.4. The molecule has 1 heterocycles. The first-order chi connectivity index (χ1) is 16.7. The van der Waals surface area contributed by atoms with Gasteiger partial charge in [0.25, 0.3) is 0 Å². The average Bonchev–Trinajstić information content (AvgIpc) is 2.98. The number of aryl methyl sites for hydroxylation is 2. The molecule has 1 N–H and O–H groups in total. The number of rotatable bonds is 7.